The van der Waals surface area contributed by atoms with Crippen LogP contribution < -0.4 is 0 Å². The van der Waals surface area contributed by atoms with Crippen molar-refractivity contribution in [1.29, 1.82) is 0 Å². The minimum absolute atomic E-state index is 0.519. The molecule has 0 spiro atoms. The Balaban J connectivity index is 1.61. The number of rotatable bonds is 14. The van der Waals surface area contributed by atoms with Gasteiger partial charge >= 0.3 is 6.34 Å². The fraction of sp³-hybridized carbons (Fsp3) is 0.636. The fourth-order valence-electron chi connectivity index (χ4n) is 3.48. The molecule has 1 aromatic rings. The molecule has 0 aromatic heterocycles. The molecule has 0 amide bonds. The van der Waals surface area contributed by atoms with E-state index in [0.29, 0.717) is 5.92 Å². The Bertz CT molecular complexity index is 483. The summed E-state index contributed by atoms with van der Waals surface area (Å²) >= 11 is 0. The first-order valence-electron chi connectivity index (χ1n) is 10.2. The average Bonchev–Trinajstić information content (AvgIpc) is 3.16. The highest BCUT2D eigenvalue weighted by Gasteiger charge is 2.19. The van der Waals surface area contributed by atoms with E-state index in [-0.39, 0.29) is 0 Å². The van der Waals surface area contributed by atoms with E-state index in [1.807, 2.05) is 5.01 Å². The van der Waals surface area contributed by atoms with Gasteiger partial charge in [-0.05, 0) is 12.0 Å². The summed E-state index contributed by atoms with van der Waals surface area (Å²) in [6, 6.07) is 10.8. The summed E-state index contributed by atoms with van der Waals surface area (Å²) in [6.45, 7) is 3.18. The van der Waals surface area contributed by atoms with E-state index in [0.717, 1.165) is 6.54 Å². The van der Waals surface area contributed by atoms with Crippen molar-refractivity contribution in [3.8, 4) is 0 Å². The summed E-state index contributed by atoms with van der Waals surface area (Å²) in [5, 5.41) is 6.07. The lowest BCUT2D eigenvalue weighted by Gasteiger charge is -2.18. The van der Waals surface area contributed by atoms with Gasteiger partial charge in [0.2, 0.25) is 0 Å². The Hall–Kier alpha value is -1.73. The molecule has 0 bridgehead atoms. The molecule has 1 aliphatic rings. The summed E-state index contributed by atoms with van der Waals surface area (Å²) in [6.07, 6.45) is 19.5. The van der Waals surface area contributed by atoms with Crippen molar-refractivity contribution in [3.05, 3.63) is 35.9 Å². The number of hydrogen-bond donors (Lipinski definition) is 0. The van der Waals surface area contributed by atoms with Crippen molar-refractivity contribution in [1.82, 2.24) is 5.01 Å². The number of hydrazone groups is 1. The smallest absolute Gasteiger partial charge is 0.145 e. The minimum atomic E-state index is 0.519. The normalized spacial score (nSPS) is 14.0. The molecular formula is C22H34N3+. The van der Waals surface area contributed by atoms with E-state index in [4.69, 9.17) is 0 Å². The van der Waals surface area contributed by atoms with Crippen LogP contribution in [-0.2, 0) is 0 Å². The van der Waals surface area contributed by atoms with Crippen LogP contribution in [0.5, 0.6) is 0 Å². The maximum atomic E-state index is 4.16. The van der Waals surface area contributed by atoms with Gasteiger partial charge in [0.1, 0.15) is 0 Å². The number of benzene rings is 1. The second-order valence-electron chi connectivity index (χ2n) is 7.14. The van der Waals surface area contributed by atoms with E-state index in [1.54, 1.807) is 6.34 Å². The summed E-state index contributed by atoms with van der Waals surface area (Å²) < 4.78 is 0. The topological polar surface area (TPSA) is 28.0 Å². The van der Waals surface area contributed by atoms with Gasteiger partial charge in [0.15, 0.2) is 0 Å². The zero-order valence-electron chi connectivity index (χ0n) is 15.9. The second-order valence-corrected chi connectivity index (χ2v) is 7.14. The number of nitrogens with zero attached hydrogens (tertiary/aromatic N) is 3. The molecule has 25 heavy (non-hydrogen) atoms. The van der Waals surface area contributed by atoms with Gasteiger partial charge in [-0.15, -0.1) is 5.01 Å². The third-order valence-electron chi connectivity index (χ3n) is 5.01. The van der Waals surface area contributed by atoms with Gasteiger partial charge in [-0.2, -0.15) is 0 Å². The molecule has 0 N–H and O–H groups in total. The molecule has 2 rings (SSSR count). The lowest BCUT2D eigenvalue weighted by molar-refractivity contribution is 0.399. The first-order valence-corrected chi connectivity index (χ1v) is 10.2. The molecular weight excluding hydrogens is 306 g/mol. The van der Waals surface area contributed by atoms with Crippen LogP contribution in [0.1, 0.15) is 89.0 Å². The molecule has 0 fully saturated rings. The molecule has 3 nitrogen and oxygen atoms in total. The van der Waals surface area contributed by atoms with Crippen molar-refractivity contribution in [2.24, 2.45) is 10.1 Å². The number of unbranched alkanes of at least 4 members (excludes halogenated alkanes) is 9. The van der Waals surface area contributed by atoms with E-state index in [9.17, 15) is 0 Å². The Labute approximate surface area is 154 Å². The number of hydrogen-bond acceptors (Lipinski definition) is 3. The van der Waals surface area contributed by atoms with Crippen LogP contribution >= 0.6 is 0 Å². The molecule has 1 aliphatic heterocycles. The highest BCUT2D eigenvalue weighted by atomic mass is 15.5. The Morgan fingerprint density at radius 3 is 2.12 bits per heavy atom. The van der Waals surface area contributed by atoms with Crippen molar-refractivity contribution < 1.29 is 0 Å². The minimum Gasteiger partial charge on any atom is -0.145 e. The zero-order valence-corrected chi connectivity index (χ0v) is 15.9. The molecule has 1 unspecified atom stereocenters. The van der Waals surface area contributed by atoms with Gasteiger partial charge in [0, 0.05) is 16.0 Å². The van der Waals surface area contributed by atoms with Crippen LogP contribution in [0.15, 0.2) is 40.4 Å². The van der Waals surface area contributed by atoms with Crippen LogP contribution in [0.4, 0.5) is 0 Å². The second kappa shape index (κ2) is 12.6. The molecule has 0 aliphatic carbocycles. The van der Waals surface area contributed by atoms with E-state index in [2.05, 4.69) is 53.7 Å². The largest absolute Gasteiger partial charge is 0.371 e. The molecule has 136 valence electrons. The van der Waals surface area contributed by atoms with Crippen LogP contribution in [-0.4, -0.2) is 24.2 Å². The third-order valence-corrected chi connectivity index (χ3v) is 5.01. The van der Waals surface area contributed by atoms with E-state index >= 15 is 0 Å². The molecule has 0 radical (unpaired) electrons. The third kappa shape index (κ3) is 8.27. The summed E-state index contributed by atoms with van der Waals surface area (Å²) in [5.74, 6) is 0.519. The lowest BCUT2D eigenvalue weighted by atomic mass is 9.92. The molecule has 0 saturated carbocycles. The highest BCUT2D eigenvalue weighted by molar-refractivity contribution is 5.75. The van der Waals surface area contributed by atoms with Gasteiger partial charge in [0.25, 0.3) is 6.34 Å². The van der Waals surface area contributed by atoms with Crippen molar-refractivity contribution in [2.75, 3.05) is 6.54 Å². The van der Waals surface area contributed by atoms with E-state index < -0.39 is 0 Å². The van der Waals surface area contributed by atoms with Crippen molar-refractivity contribution >= 4 is 12.7 Å². The predicted octanol–water partition coefficient (Wildman–Crippen LogP) is 6.25. The summed E-state index contributed by atoms with van der Waals surface area (Å²) in [4.78, 5) is 3.95. The summed E-state index contributed by atoms with van der Waals surface area (Å²) in [7, 11) is 0. The van der Waals surface area contributed by atoms with Crippen LogP contribution in [0.3, 0.4) is 0 Å². The van der Waals surface area contributed by atoms with Crippen LogP contribution in [0.25, 0.3) is 0 Å². The number of aliphatic imine (C=N–C) groups is 1. The fourth-order valence-corrected chi connectivity index (χ4v) is 3.48. The molecule has 0 saturated heterocycles. The quantitative estimate of drug-likeness (QED) is 0.291. The molecule has 1 aromatic carbocycles. The first-order chi connectivity index (χ1) is 12.4. The molecule has 1 atom stereocenters. The summed E-state index contributed by atoms with van der Waals surface area (Å²) in [5.41, 5.74) is 1.41. The van der Waals surface area contributed by atoms with Gasteiger partial charge in [0.05, 0.1) is 6.54 Å². The monoisotopic (exact) mass is 340 g/mol. The zero-order chi connectivity index (χ0) is 17.6. The molecule has 1 heterocycles. The maximum Gasteiger partial charge on any atom is 0.371 e. The standard InChI is InChI=1S/C22H34N3/c1-2-3-4-5-6-7-8-9-10-12-17-22(18-25-20-23-19-24-25)21-15-13-11-14-16-21/h11,13-16,20,22H,2-10,12,17-18H2,1H3/q+1. The van der Waals surface area contributed by atoms with E-state index in [1.165, 1.54) is 76.2 Å². The lowest BCUT2D eigenvalue weighted by Crippen LogP contribution is -2.20. The van der Waals surface area contributed by atoms with Crippen LogP contribution in [0, 0.1) is 0 Å². The first kappa shape index (κ1) is 19.6. The Morgan fingerprint density at radius 1 is 0.880 bits per heavy atom. The van der Waals surface area contributed by atoms with Gasteiger partial charge in [-0.3, -0.25) is 0 Å². The Kier molecular flexibility index (Phi) is 9.88. The Morgan fingerprint density at radius 2 is 1.52 bits per heavy atom. The van der Waals surface area contributed by atoms with Gasteiger partial charge in [-0.25, -0.2) is 0 Å². The average molecular weight is 341 g/mol. The predicted molar refractivity (Wildman–Crippen MR) is 108 cm³/mol. The van der Waals surface area contributed by atoms with Crippen LogP contribution in [0.2, 0.25) is 0 Å². The maximum absolute atomic E-state index is 4.16. The SMILES string of the molecule is CCCCCCCCCCCCC(CN1C=N[C+]=N1)c1ccccc1. The van der Waals surface area contributed by atoms with Gasteiger partial charge < -0.3 is 0 Å². The van der Waals surface area contributed by atoms with Gasteiger partial charge in [-0.1, -0.05) is 101 Å². The highest BCUT2D eigenvalue weighted by Crippen LogP contribution is 2.24. The van der Waals surface area contributed by atoms with Crippen molar-refractivity contribution in [2.45, 2.75) is 83.5 Å². The molecule has 3 heteroatoms. The van der Waals surface area contributed by atoms with Crippen molar-refractivity contribution in [3.63, 3.8) is 0 Å².